The van der Waals surface area contributed by atoms with Crippen LogP contribution in [0, 0.1) is 0 Å². The standard InChI is InChI=1S/C30H32F3N9O4S/c1-4-5-26(43)42(25-17-35-24(16-36-25)19-12-38-29(46-2)39-13-19)21-8-6-20(7-9-21)40-28-37-15-23(30(31,32)33)27(41-28)18-10-22(14-34-11-18)47(3,44)45/h10-17,20-21H,4-9H2,1-3H3,(H,37,40,41). The number of methoxy groups -OCH3 is 1. The van der Waals surface area contributed by atoms with Gasteiger partial charge < -0.3 is 10.1 Å². The number of alkyl halides is 3. The Kier molecular flexibility index (Phi) is 9.93. The highest BCUT2D eigenvalue weighted by Gasteiger charge is 2.36. The molecule has 1 aliphatic rings. The van der Waals surface area contributed by atoms with Gasteiger partial charge in [-0.05, 0) is 38.2 Å². The number of halogens is 3. The lowest BCUT2D eigenvalue weighted by Crippen LogP contribution is -2.44. The number of carbonyl (C=O) groups excluding carboxylic acids is 1. The molecule has 4 aromatic heterocycles. The number of nitrogens with one attached hydrogen (secondary N) is 1. The molecule has 1 fully saturated rings. The van der Waals surface area contributed by atoms with E-state index in [2.05, 4.69) is 40.2 Å². The van der Waals surface area contributed by atoms with Crippen molar-refractivity contribution in [1.82, 2.24) is 34.9 Å². The Hall–Kier alpha value is -4.80. The van der Waals surface area contributed by atoms with Crippen LogP contribution < -0.4 is 15.0 Å². The van der Waals surface area contributed by atoms with Gasteiger partial charge in [-0.3, -0.25) is 19.7 Å². The topological polar surface area (TPSA) is 166 Å². The van der Waals surface area contributed by atoms with E-state index < -0.39 is 27.3 Å². The Labute approximate surface area is 269 Å². The van der Waals surface area contributed by atoms with Crippen molar-refractivity contribution in [2.24, 2.45) is 0 Å². The summed E-state index contributed by atoms with van der Waals surface area (Å²) in [5.74, 6) is 0.294. The fourth-order valence-corrected chi connectivity index (χ4v) is 5.89. The summed E-state index contributed by atoms with van der Waals surface area (Å²) in [6.07, 6.45) is 8.53. The van der Waals surface area contributed by atoms with E-state index in [0.717, 1.165) is 24.7 Å². The predicted molar refractivity (Wildman–Crippen MR) is 165 cm³/mol. The summed E-state index contributed by atoms with van der Waals surface area (Å²) in [5.41, 5.74) is -0.541. The maximum absolute atomic E-state index is 13.9. The molecule has 1 N–H and O–H groups in total. The van der Waals surface area contributed by atoms with E-state index in [4.69, 9.17) is 4.74 Å². The first-order valence-electron chi connectivity index (χ1n) is 14.7. The van der Waals surface area contributed by atoms with Crippen molar-refractivity contribution in [1.29, 1.82) is 0 Å². The third-order valence-corrected chi connectivity index (χ3v) is 8.71. The Bertz CT molecular complexity index is 1820. The van der Waals surface area contributed by atoms with Crippen molar-refractivity contribution < 1.29 is 31.1 Å². The van der Waals surface area contributed by atoms with Gasteiger partial charge in [0.1, 0.15) is 5.56 Å². The lowest BCUT2D eigenvalue weighted by molar-refractivity contribution is -0.137. The summed E-state index contributed by atoms with van der Waals surface area (Å²) in [7, 11) is -2.25. The number of nitrogens with zero attached hydrogens (tertiary/aromatic N) is 8. The van der Waals surface area contributed by atoms with Crippen molar-refractivity contribution >= 4 is 27.5 Å². The minimum Gasteiger partial charge on any atom is -0.467 e. The molecule has 0 aromatic carbocycles. The van der Waals surface area contributed by atoms with Gasteiger partial charge >= 0.3 is 12.2 Å². The number of hydrogen-bond donors (Lipinski definition) is 1. The van der Waals surface area contributed by atoms with E-state index in [1.807, 2.05) is 6.92 Å². The van der Waals surface area contributed by atoms with Crippen LogP contribution in [-0.2, 0) is 20.8 Å². The quantitative estimate of drug-likeness (QED) is 0.246. The number of pyridine rings is 1. The molecule has 4 aromatic rings. The van der Waals surface area contributed by atoms with E-state index in [0.29, 0.717) is 61.8 Å². The molecule has 47 heavy (non-hydrogen) atoms. The van der Waals surface area contributed by atoms with Crippen LogP contribution in [0.25, 0.3) is 22.5 Å². The van der Waals surface area contributed by atoms with Crippen molar-refractivity contribution in [2.45, 2.75) is 68.6 Å². The minimum absolute atomic E-state index is 0.0379. The van der Waals surface area contributed by atoms with E-state index >= 15 is 0 Å². The van der Waals surface area contributed by atoms with Gasteiger partial charge in [0.05, 0.1) is 35.8 Å². The third kappa shape index (κ3) is 7.96. The smallest absolute Gasteiger partial charge is 0.419 e. The molecular formula is C30H32F3N9O4S. The second-order valence-electron chi connectivity index (χ2n) is 11.0. The van der Waals surface area contributed by atoms with E-state index in [9.17, 15) is 26.4 Å². The van der Waals surface area contributed by atoms with Crippen molar-refractivity contribution in [2.75, 3.05) is 23.6 Å². The Morgan fingerprint density at radius 2 is 1.68 bits per heavy atom. The molecule has 0 aliphatic heterocycles. The summed E-state index contributed by atoms with van der Waals surface area (Å²) in [6, 6.07) is 0.965. The lowest BCUT2D eigenvalue weighted by atomic mass is 9.90. The van der Waals surface area contributed by atoms with Gasteiger partial charge in [0, 0.05) is 66.9 Å². The number of amides is 1. The van der Waals surface area contributed by atoms with Crippen LogP contribution in [0.2, 0.25) is 0 Å². The molecule has 1 saturated carbocycles. The predicted octanol–water partition coefficient (Wildman–Crippen LogP) is 4.77. The summed E-state index contributed by atoms with van der Waals surface area (Å²) < 4.78 is 70.7. The maximum atomic E-state index is 13.9. The van der Waals surface area contributed by atoms with Crippen LogP contribution >= 0.6 is 0 Å². The molecule has 0 radical (unpaired) electrons. The SMILES string of the molecule is CCCC(=O)N(c1cnc(-c2cnc(OC)nc2)cn1)C1CCC(Nc2ncc(C(F)(F)F)c(-c3cncc(S(C)(=O)=O)c3)n2)CC1. The van der Waals surface area contributed by atoms with Gasteiger partial charge in [-0.1, -0.05) is 6.92 Å². The second kappa shape index (κ2) is 13.9. The third-order valence-electron chi connectivity index (χ3n) is 7.63. The number of ether oxygens (including phenoxy) is 1. The van der Waals surface area contributed by atoms with Crippen LogP contribution in [0.15, 0.2) is 54.3 Å². The first-order valence-corrected chi connectivity index (χ1v) is 16.6. The normalized spacial score (nSPS) is 16.8. The molecule has 0 spiro atoms. The van der Waals surface area contributed by atoms with Crippen LogP contribution in [0.1, 0.15) is 51.0 Å². The molecule has 248 valence electrons. The number of hydrogen-bond acceptors (Lipinski definition) is 12. The van der Waals surface area contributed by atoms with Crippen LogP contribution in [-0.4, -0.2) is 74.7 Å². The number of sulfone groups is 1. The number of rotatable bonds is 10. The zero-order valence-electron chi connectivity index (χ0n) is 25.8. The van der Waals surface area contributed by atoms with Gasteiger partial charge in [-0.25, -0.2) is 33.3 Å². The van der Waals surface area contributed by atoms with Gasteiger partial charge in [0.2, 0.25) is 11.9 Å². The molecule has 4 heterocycles. The van der Waals surface area contributed by atoms with Crippen molar-refractivity contribution in [3.63, 3.8) is 0 Å². The first kappa shape index (κ1) is 33.6. The molecule has 1 amide bonds. The van der Waals surface area contributed by atoms with Crippen molar-refractivity contribution in [3.8, 4) is 28.5 Å². The Balaban J connectivity index is 1.32. The minimum atomic E-state index is -4.79. The molecular weight excluding hydrogens is 639 g/mol. The summed E-state index contributed by atoms with van der Waals surface area (Å²) >= 11 is 0. The number of anilines is 2. The van der Waals surface area contributed by atoms with E-state index in [-0.39, 0.29) is 40.4 Å². The first-order chi connectivity index (χ1) is 22.4. The number of aromatic nitrogens is 7. The molecule has 13 nitrogen and oxygen atoms in total. The van der Waals surface area contributed by atoms with E-state index in [1.165, 1.54) is 7.11 Å². The molecule has 0 unspecified atom stereocenters. The van der Waals surface area contributed by atoms with E-state index in [1.54, 1.807) is 29.7 Å². The van der Waals surface area contributed by atoms with Gasteiger partial charge in [0.25, 0.3) is 0 Å². The van der Waals surface area contributed by atoms with Crippen LogP contribution in [0.3, 0.4) is 0 Å². The molecule has 17 heteroatoms. The molecule has 0 saturated heterocycles. The fraction of sp³-hybridized carbons (Fsp3) is 0.400. The summed E-state index contributed by atoms with van der Waals surface area (Å²) in [5, 5.41) is 3.12. The zero-order chi connectivity index (χ0) is 33.8. The van der Waals surface area contributed by atoms with Gasteiger partial charge in [-0.15, -0.1) is 0 Å². The Morgan fingerprint density at radius 1 is 0.957 bits per heavy atom. The largest absolute Gasteiger partial charge is 0.467 e. The summed E-state index contributed by atoms with van der Waals surface area (Å²) in [4.78, 5) is 43.8. The average molecular weight is 672 g/mol. The van der Waals surface area contributed by atoms with Crippen LogP contribution in [0.5, 0.6) is 6.01 Å². The highest BCUT2D eigenvalue weighted by Crippen LogP contribution is 2.37. The highest BCUT2D eigenvalue weighted by molar-refractivity contribution is 7.90. The molecule has 0 atom stereocenters. The average Bonchev–Trinajstić information content (AvgIpc) is 3.05. The molecule has 5 rings (SSSR count). The summed E-state index contributed by atoms with van der Waals surface area (Å²) in [6.45, 7) is 1.92. The number of carbonyl (C=O) groups is 1. The molecule has 0 bridgehead atoms. The fourth-order valence-electron chi connectivity index (χ4n) is 5.29. The van der Waals surface area contributed by atoms with Gasteiger partial charge in [0.15, 0.2) is 15.7 Å². The monoisotopic (exact) mass is 671 g/mol. The highest BCUT2D eigenvalue weighted by atomic mass is 32.2. The lowest BCUT2D eigenvalue weighted by Gasteiger charge is -2.36. The zero-order valence-corrected chi connectivity index (χ0v) is 26.6. The van der Waals surface area contributed by atoms with Crippen molar-refractivity contribution in [3.05, 3.63) is 55.0 Å². The Morgan fingerprint density at radius 3 is 2.28 bits per heavy atom. The van der Waals surface area contributed by atoms with Crippen LogP contribution in [0.4, 0.5) is 24.9 Å². The van der Waals surface area contributed by atoms with Gasteiger partial charge in [-0.2, -0.15) is 13.2 Å². The molecule has 1 aliphatic carbocycles. The second-order valence-corrected chi connectivity index (χ2v) is 13.0. The maximum Gasteiger partial charge on any atom is 0.419 e.